The quantitative estimate of drug-likeness (QED) is 0.499. The zero-order valence-corrected chi connectivity index (χ0v) is 16.5. The molecule has 0 aliphatic heterocycles. The molecule has 1 amide bonds. The molecule has 1 aliphatic rings. The summed E-state index contributed by atoms with van der Waals surface area (Å²) in [5.74, 6) is -1.13. The van der Waals surface area contributed by atoms with E-state index in [1.807, 2.05) is 53.4 Å². The molecule has 30 heavy (non-hydrogen) atoms. The summed E-state index contributed by atoms with van der Waals surface area (Å²) in [7, 11) is 0. The van der Waals surface area contributed by atoms with Crippen molar-refractivity contribution in [3.05, 3.63) is 66.2 Å². The first-order valence-electron chi connectivity index (χ1n) is 10.0. The average molecular weight is 408 g/mol. The molecule has 2 atom stereocenters. The fraction of sp³-hybridized carbons (Fsp3) is 0.273. The minimum atomic E-state index is -0.758. The molecule has 0 radical (unpaired) electrons. The molecule has 2 aromatic heterocycles. The van der Waals surface area contributed by atoms with E-state index < -0.39 is 11.7 Å². The smallest absolute Gasteiger partial charge is 0.252 e. The summed E-state index contributed by atoms with van der Waals surface area (Å²) in [6, 6.07) is 12.4. The number of halogens is 1. The standard InChI is InChI=1S/C22H25FN6O/c23-17-13-16(20(25)30)21(28-22(17)27-19-9-2-1-8-18(19)24)26-14-6-5-7-15(12-14)29-10-3-4-11-29/h3-7,10-13,18-19H,1-2,8-9,24H2,(H2,25,30)(H2,26,27,28)/t18-,19+/m0/s1. The van der Waals surface area contributed by atoms with Gasteiger partial charge in [-0.1, -0.05) is 18.9 Å². The van der Waals surface area contributed by atoms with Crippen molar-refractivity contribution in [1.29, 1.82) is 0 Å². The lowest BCUT2D eigenvalue weighted by Crippen LogP contribution is -2.43. The highest BCUT2D eigenvalue weighted by Crippen LogP contribution is 2.27. The third-order valence-corrected chi connectivity index (χ3v) is 5.39. The summed E-state index contributed by atoms with van der Waals surface area (Å²) in [6.07, 6.45) is 7.70. The summed E-state index contributed by atoms with van der Waals surface area (Å²) < 4.78 is 16.6. The van der Waals surface area contributed by atoms with Gasteiger partial charge in [0.1, 0.15) is 5.82 Å². The predicted octanol–water partition coefficient (Wildman–Crippen LogP) is 3.54. The summed E-state index contributed by atoms with van der Waals surface area (Å²) in [4.78, 5) is 16.3. The zero-order valence-electron chi connectivity index (χ0n) is 16.5. The van der Waals surface area contributed by atoms with E-state index in [0.29, 0.717) is 5.69 Å². The van der Waals surface area contributed by atoms with Crippen molar-refractivity contribution >= 4 is 23.2 Å². The topological polar surface area (TPSA) is 111 Å². The van der Waals surface area contributed by atoms with Crippen LogP contribution >= 0.6 is 0 Å². The maximum atomic E-state index is 14.7. The summed E-state index contributed by atoms with van der Waals surface area (Å²) in [5.41, 5.74) is 13.3. The second kappa shape index (κ2) is 8.54. The second-order valence-electron chi connectivity index (χ2n) is 7.54. The number of pyridine rings is 1. The van der Waals surface area contributed by atoms with Gasteiger partial charge >= 0.3 is 0 Å². The Labute approximate surface area is 174 Å². The summed E-state index contributed by atoms with van der Waals surface area (Å²) in [6.45, 7) is 0. The number of anilines is 3. The molecule has 7 nitrogen and oxygen atoms in total. The van der Waals surface area contributed by atoms with Crippen LogP contribution in [0.5, 0.6) is 0 Å². The van der Waals surface area contributed by atoms with Crippen molar-refractivity contribution in [2.24, 2.45) is 11.5 Å². The van der Waals surface area contributed by atoms with Gasteiger partial charge in [0.2, 0.25) is 0 Å². The van der Waals surface area contributed by atoms with Crippen LogP contribution in [0.25, 0.3) is 5.69 Å². The lowest BCUT2D eigenvalue weighted by molar-refractivity contribution is 0.100. The molecule has 156 valence electrons. The number of hydrogen-bond donors (Lipinski definition) is 4. The second-order valence-corrected chi connectivity index (χ2v) is 7.54. The number of carbonyl (C=O) groups is 1. The molecule has 0 spiro atoms. The normalized spacial score (nSPS) is 18.7. The minimum absolute atomic E-state index is 0.0163. The Bertz CT molecular complexity index is 1040. The van der Waals surface area contributed by atoms with Gasteiger partial charge < -0.3 is 26.7 Å². The molecule has 3 aromatic rings. The molecule has 0 bridgehead atoms. The van der Waals surface area contributed by atoms with Gasteiger partial charge in [0.05, 0.1) is 5.56 Å². The van der Waals surface area contributed by atoms with Crippen molar-refractivity contribution in [3.63, 3.8) is 0 Å². The molecule has 1 saturated carbocycles. The number of hydrogen-bond acceptors (Lipinski definition) is 5. The van der Waals surface area contributed by atoms with E-state index in [0.717, 1.165) is 37.4 Å². The number of nitrogens with one attached hydrogen (secondary N) is 2. The number of nitrogens with two attached hydrogens (primary N) is 2. The van der Waals surface area contributed by atoms with E-state index in [2.05, 4.69) is 15.6 Å². The maximum Gasteiger partial charge on any atom is 0.252 e. The number of primary amides is 1. The maximum absolute atomic E-state index is 14.7. The zero-order chi connectivity index (χ0) is 21.1. The van der Waals surface area contributed by atoms with Gasteiger partial charge in [-0.2, -0.15) is 0 Å². The van der Waals surface area contributed by atoms with Crippen LogP contribution in [-0.4, -0.2) is 27.5 Å². The lowest BCUT2D eigenvalue weighted by Gasteiger charge is -2.30. The van der Waals surface area contributed by atoms with Crippen LogP contribution in [0.3, 0.4) is 0 Å². The Kier molecular flexibility index (Phi) is 5.67. The molecule has 4 rings (SSSR count). The van der Waals surface area contributed by atoms with Crippen LogP contribution < -0.4 is 22.1 Å². The highest BCUT2D eigenvalue weighted by Gasteiger charge is 2.24. The number of amides is 1. The fourth-order valence-corrected chi connectivity index (χ4v) is 3.78. The fourth-order valence-electron chi connectivity index (χ4n) is 3.78. The highest BCUT2D eigenvalue weighted by atomic mass is 19.1. The van der Waals surface area contributed by atoms with E-state index >= 15 is 0 Å². The lowest BCUT2D eigenvalue weighted by atomic mass is 9.91. The first-order chi connectivity index (χ1) is 14.5. The third-order valence-electron chi connectivity index (χ3n) is 5.39. The first-order valence-corrected chi connectivity index (χ1v) is 10.0. The van der Waals surface area contributed by atoms with E-state index in [1.165, 1.54) is 0 Å². The minimum Gasteiger partial charge on any atom is -0.365 e. The molecule has 8 heteroatoms. The molecule has 1 fully saturated rings. The van der Waals surface area contributed by atoms with Crippen molar-refractivity contribution in [2.75, 3.05) is 10.6 Å². The SMILES string of the molecule is NC(=O)c1cc(F)c(N[C@@H]2CCCC[C@@H]2N)nc1Nc1cccc(-n2cccc2)c1. The average Bonchev–Trinajstić information content (AvgIpc) is 3.27. The van der Waals surface area contributed by atoms with Crippen LogP contribution in [-0.2, 0) is 0 Å². The first kappa shape index (κ1) is 19.9. The molecular formula is C22H25FN6O. The number of nitrogens with zero attached hydrogens (tertiary/aromatic N) is 2. The van der Waals surface area contributed by atoms with E-state index in [1.54, 1.807) is 0 Å². The van der Waals surface area contributed by atoms with Crippen LogP contribution in [0.15, 0.2) is 54.9 Å². The number of benzene rings is 1. The molecule has 6 N–H and O–H groups in total. The van der Waals surface area contributed by atoms with Crippen molar-refractivity contribution < 1.29 is 9.18 Å². The molecule has 1 aliphatic carbocycles. The molecular weight excluding hydrogens is 383 g/mol. The predicted molar refractivity (Wildman–Crippen MR) is 116 cm³/mol. The molecule has 0 unspecified atom stereocenters. The van der Waals surface area contributed by atoms with E-state index in [-0.39, 0.29) is 29.3 Å². The number of carbonyl (C=O) groups excluding carboxylic acids is 1. The Morgan fingerprint density at radius 3 is 2.60 bits per heavy atom. The Hall–Kier alpha value is -3.39. The summed E-state index contributed by atoms with van der Waals surface area (Å²) >= 11 is 0. The molecule has 0 saturated heterocycles. The van der Waals surface area contributed by atoms with Gasteiger partial charge in [0.25, 0.3) is 5.91 Å². The number of rotatable bonds is 6. The van der Waals surface area contributed by atoms with Gasteiger partial charge in [0, 0.05) is 35.9 Å². The van der Waals surface area contributed by atoms with Crippen LogP contribution in [0.4, 0.5) is 21.7 Å². The third kappa shape index (κ3) is 4.28. The van der Waals surface area contributed by atoms with Gasteiger partial charge in [-0.05, 0) is 49.2 Å². The monoisotopic (exact) mass is 408 g/mol. The van der Waals surface area contributed by atoms with E-state index in [9.17, 15) is 9.18 Å². The van der Waals surface area contributed by atoms with Gasteiger partial charge in [0.15, 0.2) is 11.6 Å². The Morgan fingerprint density at radius 1 is 1.10 bits per heavy atom. The van der Waals surface area contributed by atoms with Gasteiger partial charge in [-0.15, -0.1) is 0 Å². The van der Waals surface area contributed by atoms with Crippen molar-refractivity contribution in [1.82, 2.24) is 9.55 Å². The van der Waals surface area contributed by atoms with Crippen molar-refractivity contribution in [2.45, 2.75) is 37.8 Å². The molecule has 1 aromatic carbocycles. The van der Waals surface area contributed by atoms with Crippen LogP contribution in [0.1, 0.15) is 36.0 Å². The van der Waals surface area contributed by atoms with Crippen molar-refractivity contribution in [3.8, 4) is 5.69 Å². The van der Waals surface area contributed by atoms with Gasteiger partial charge in [-0.25, -0.2) is 9.37 Å². The van der Waals surface area contributed by atoms with Gasteiger partial charge in [-0.3, -0.25) is 4.79 Å². The highest BCUT2D eigenvalue weighted by molar-refractivity contribution is 5.98. The largest absolute Gasteiger partial charge is 0.365 e. The number of aromatic nitrogens is 2. The Balaban J connectivity index is 1.64. The summed E-state index contributed by atoms with van der Waals surface area (Å²) in [5, 5.41) is 6.23. The van der Waals surface area contributed by atoms with Crippen LogP contribution in [0, 0.1) is 5.82 Å². The van der Waals surface area contributed by atoms with E-state index in [4.69, 9.17) is 11.5 Å². The Morgan fingerprint density at radius 2 is 1.87 bits per heavy atom. The van der Waals surface area contributed by atoms with Crippen LogP contribution in [0.2, 0.25) is 0 Å². The molecule has 2 heterocycles.